The summed E-state index contributed by atoms with van der Waals surface area (Å²) in [6.45, 7) is 6.05. The molecule has 0 aliphatic rings. The normalized spacial score (nSPS) is 11.3. The van der Waals surface area contributed by atoms with Gasteiger partial charge in [-0.3, -0.25) is 4.79 Å². The van der Waals surface area contributed by atoms with Crippen molar-refractivity contribution >= 4 is 23.3 Å². The van der Waals surface area contributed by atoms with Crippen LogP contribution in [-0.4, -0.2) is 16.4 Å². The zero-order chi connectivity index (χ0) is 13.1. The van der Waals surface area contributed by atoms with Crippen molar-refractivity contribution in [2.24, 2.45) is 0 Å². The van der Waals surface area contributed by atoms with Crippen LogP contribution in [0.1, 0.15) is 44.0 Å². The maximum Gasteiger partial charge on any atom is 0.251 e. The Labute approximate surface area is 107 Å². The Balaban J connectivity index is 2.83. The van der Waals surface area contributed by atoms with Crippen LogP contribution in [0.25, 0.3) is 0 Å². The summed E-state index contributed by atoms with van der Waals surface area (Å²) in [5.74, 6) is 0.0652. The minimum Gasteiger partial charge on any atom is -0.384 e. The van der Waals surface area contributed by atoms with E-state index in [0.717, 1.165) is 12.8 Å². The Kier molecular flexibility index (Phi) is 4.34. The lowest BCUT2D eigenvalue weighted by Crippen LogP contribution is -2.43. The Bertz CT molecular complexity index is 398. The Hall–Kier alpha value is -1.29. The van der Waals surface area contributed by atoms with Gasteiger partial charge < -0.3 is 11.1 Å². The molecule has 0 aliphatic heterocycles. The van der Waals surface area contributed by atoms with Crippen LogP contribution in [0.5, 0.6) is 0 Å². The van der Waals surface area contributed by atoms with Crippen molar-refractivity contribution < 1.29 is 4.79 Å². The number of nitrogens with one attached hydrogen (secondary N) is 1. The molecule has 1 amide bonds. The molecule has 1 heterocycles. The number of carbonyl (C=O) groups is 1. The highest BCUT2D eigenvalue weighted by Crippen LogP contribution is 2.15. The van der Waals surface area contributed by atoms with Gasteiger partial charge in [0.15, 0.2) is 0 Å². The fraction of sp³-hybridized carbons (Fsp3) is 0.500. The number of nitrogen functional groups attached to an aromatic ring is 1. The molecule has 94 valence electrons. The summed E-state index contributed by atoms with van der Waals surface area (Å²) in [5, 5.41) is 3.17. The number of rotatable bonds is 4. The molecular weight excluding hydrogens is 238 g/mol. The third-order valence-electron chi connectivity index (χ3n) is 2.40. The molecule has 0 spiro atoms. The SMILES string of the molecule is CCCC(C)(C)NC(=O)c1cc(N)nc(Cl)c1. The van der Waals surface area contributed by atoms with Gasteiger partial charge in [0, 0.05) is 11.1 Å². The van der Waals surface area contributed by atoms with E-state index in [4.69, 9.17) is 17.3 Å². The molecule has 0 atom stereocenters. The van der Waals surface area contributed by atoms with Crippen LogP contribution in [0.4, 0.5) is 5.82 Å². The number of amides is 1. The van der Waals surface area contributed by atoms with Crippen LogP contribution in [0.3, 0.4) is 0 Å². The van der Waals surface area contributed by atoms with Crippen LogP contribution in [0, 0.1) is 0 Å². The molecular formula is C12H18ClN3O. The van der Waals surface area contributed by atoms with Crippen molar-refractivity contribution in [3.05, 3.63) is 22.8 Å². The zero-order valence-electron chi connectivity index (χ0n) is 10.4. The number of nitrogens with two attached hydrogens (primary N) is 1. The van der Waals surface area contributed by atoms with Gasteiger partial charge in [-0.2, -0.15) is 0 Å². The van der Waals surface area contributed by atoms with Gasteiger partial charge in [-0.1, -0.05) is 24.9 Å². The molecule has 1 aromatic heterocycles. The first-order valence-electron chi connectivity index (χ1n) is 5.59. The van der Waals surface area contributed by atoms with Gasteiger partial charge in [-0.15, -0.1) is 0 Å². The van der Waals surface area contributed by atoms with Gasteiger partial charge in [0.2, 0.25) is 0 Å². The largest absolute Gasteiger partial charge is 0.384 e. The average molecular weight is 256 g/mol. The molecule has 0 aromatic carbocycles. The highest BCUT2D eigenvalue weighted by molar-refractivity contribution is 6.29. The van der Waals surface area contributed by atoms with E-state index in [1.807, 2.05) is 13.8 Å². The number of nitrogens with zero attached hydrogens (tertiary/aromatic N) is 1. The summed E-state index contributed by atoms with van der Waals surface area (Å²) in [5.41, 5.74) is 5.74. The Morgan fingerprint density at radius 2 is 2.18 bits per heavy atom. The van der Waals surface area contributed by atoms with Crippen LogP contribution in [0.15, 0.2) is 12.1 Å². The first-order valence-corrected chi connectivity index (χ1v) is 5.97. The second-order valence-electron chi connectivity index (χ2n) is 4.69. The molecule has 0 bridgehead atoms. The molecule has 0 unspecified atom stereocenters. The molecule has 0 aliphatic carbocycles. The van der Waals surface area contributed by atoms with E-state index in [-0.39, 0.29) is 22.4 Å². The summed E-state index contributed by atoms with van der Waals surface area (Å²) in [6, 6.07) is 3.03. The van der Waals surface area contributed by atoms with E-state index in [2.05, 4.69) is 17.2 Å². The van der Waals surface area contributed by atoms with E-state index < -0.39 is 0 Å². The van der Waals surface area contributed by atoms with Gasteiger partial charge in [-0.25, -0.2) is 4.98 Å². The number of hydrogen-bond donors (Lipinski definition) is 2. The summed E-state index contributed by atoms with van der Waals surface area (Å²) in [6.07, 6.45) is 1.92. The van der Waals surface area contributed by atoms with Gasteiger partial charge in [0.25, 0.3) is 5.91 Å². The van der Waals surface area contributed by atoms with E-state index >= 15 is 0 Å². The topological polar surface area (TPSA) is 68.0 Å². The van der Waals surface area contributed by atoms with E-state index in [1.54, 1.807) is 0 Å². The highest BCUT2D eigenvalue weighted by Gasteiger charge is 2.20. The Morgan fingerprint density at radius 3 is 2.71 bits per heavy atom. The third kappa shape index (κ3) is 4.23. The smallest absolute Gasteiger partial charge is 0.251 e. The fourth-order valence-electron chi connectivity index (χ4n) is 1.72. The first-order chi connectivity index (χ1) is 7.84. The second-order valence-corrected chi connectivity index (χ2v) is 5.08. The number of carbonyl (C=O) groups excluding carboxylic acids is 1. The Morgan fingerprint density at radius 1 is 1.53 bits per heavy atom. The quantitative estimate of drug-likeness (QED) is 0.813. The lowest BCUT2D eigenvalue weighted by molar-refractivity contribution is 0.0909. The molecule has 0 saturated carbocycles. The summed E-state index contributed by atoms with van der Waals surface area (Å²) in [7, 11) is 0. The molecule has 17 heavy (non-hydrogen) atoms. The minimum absolute atomic E-state index is 0.181. The van der Waals surface area contributed by atoms with Crippen molar-refractivity contribution in [2.45, 2.75) is 39.2 Å². The lowest BCUT2D eigenvalue weighted by atomic mass is 9.98. The van der Waals surface area contributed by atoms with Crippen molar-refractivity contribution in [3.8, 4) is 0 Å². The van der Waals surface area contributed by atoms with E-state index in [1.165, 1.54) is 12.1 Å². The second kappa shape index (κ2) is 5.36. The monoisotopic (exact) mass is 255 g/mol. The van der Waals surface area contributed by atoms with Gasteiger partial charge >= 0.3 is 0 Å². The van der Waals surface area contributed by atoms with E-state index in [9.17, 15) is 4.79 Å². The molecule has 0 radical (unpaired) electrons. The summed E-state index contributed by atoms with van der Waals surface area (Å²) in [4.78, 5) is 15.8. The van der Waals surface area contributed by atoms with Crippen LogP contribution in [0.2, 0.25) is 5.15 Å². The highest BCUT2D eigenvalue weighted by atomic mass is 35.5. The average Bonchev–Trinajstić information content (AvgIpc) is 2.14. The van der Waals surface area contributed by atoms with Crippen molar-refractivity contribution in [2.75, 3.05) is 5.73 Å². The predicted molar refractivity (Wildman–Crippen MR) is 70.1 cm³/mol. The lowest BCUT2D eigenvalue weighted by Gasteiger charge is -2.25. The summed E-state index contributed by atoms with van der Waals surface area (Å²) < 4.78 is 0. The van der Waals surface area contributed by atoms with Gasteiger partial charge in [0.05, 0.1) is 0 Å². The fourth-order valence-corrected chi connectivity index (χ4v) is 1.93. The zero-order valence-corrected chi connectivity index (χ0v) is 11.1. The number of anilines is 1. The minimum atomic E-state index is -0.240. The number of hydrogen-bond acceptors (Lipinski definition) is 3. The molecule has 5 heteroatoms. The first kappa shape index (κ1) is 13.8. The molecule has 0 fully saturated rings. The van der Waals surface area contributed by atoms with Gasteiger partial charge in [-0.05, 0) is 32.4 Å². The predicted octanol–water partition coefficient (Wildman–Crippen LogP) is 2.63. The van der Waals surface area contributed by atoms with Gasteiger partial charge in [0.1, 0.15) is 11.0 Å². The summed E-state index contributed by atoms with van der Waals surface area (Å²) >= 11 is 5.76. The van der Waals surface area contributed by atoms with Crippen LogP contribution in [-0.2, 0) is 0 Å². The third-order valence-corrected chi connectivity index (χ3v) is 2.60. The van der Waals surface area contributed by atoms with Crippen molar-refractivity contribution in [3.63, 3.8) is 0 Å². The number of aromatic nitrogens is 1. The van der Waals surface area contributed by atoms with Crippen LogP contribution < -0.4 is 11.1 Å². The van der Waals surface area contributed by atoms with E-state index in [0.29, 0.717) is 5.56 Å². The van der Waals surface area contributed by atoms with Crippen molar-refractivity contribution in [1.29, 1.82) is 0 Å². The number of halogens is 1. The van der Waals surface area contributed by atoms with Crippen LogP contribution >= 0.6 is 11.6 Å². The number of pyridine rings is 1. The molecule has 1 rings (SSSR count). The molecule has 1 aromatic rings. The molecule has 0 saturated heterocycles. The van der Waals surface area contributed by atoms with Crippen molar-refractivity contribution in [1.82, 2.24) is 10.3 Å². The maximum atomic E-state index is 12.0. The molecule has 4 nitrogen and oxygen atoms in total. The molecule has 3 N–H and O–H groups in total. The standard InChI is InChI=1S/C12H18ClN3O/c1-4-5-12(2,3)16-11(17)8-6-9(13)15-10(14)7-8/h6-7H,4-5H2,1-3H3,(H2,14,15)(H,16,17). The maximum absolute atomic E-state index is 12.0.